The van der Waals surface area contributed by atoms with Gasteiger partial charge in [-0.1, -0.05) is 29.8 Å². The summed E-state index contributed by atoms with van der Waals surface area (Å²) in [6, 6.07) is 15.6. The standard InChI is InChI=1S/C20H16ClN3O5S/c1-13-11-14(9-10-18(13)21)22-20(25)17-7-2-3-8-19(17)23-30(28,29)16-6-4-5-15(12-16)24(26)27/h2-12,23H,1H3,(H,22,25). The van der Waals surface area contributed by atoms with E-state index in [0.29, 0.717) is 10.7 Å². The number of hydrogen-bond acceptors (Lipinski definition) is 5. The number of sulfonamides is 1. The summed E-state index contributed by atoms with van der Waals surface area (Å²) in [5, 5.41) is 14.2. The van der Waals surface area contributed by atoms with Gasteiger partial charge in [-0.3, -0.25) is 19.6 Å². The van der Waals surface area contributed by atoms with E-state index in [1.165, 1.54) is 30.3 Å². The molecule has 1 amide bonds. The maximum Gasteiger partial charge on any atom is 0.270 e. The largest absolute Gasteiger partial charge is 0.322 e. The second kappa shape index (κ2) is 8.52. The molecule has 30 heavy (non-hydrogen) atoms. The second-order valence-corrected chi connectivity index (χ2v) is 8.41. The number of para-hydroxylation sites is 1. The van der Waals surface area contributed by atoms with E-state index in [2.05, 4.69) is 10.0 Å². The van der Waals surface area contributed by atoms with Gasteiger partial charge in [-0.2, -0.15) is 0 Å². The number of aryl methyl sites for hydroxylation is 1. The Morgan fingerprint density at radius 2 is 1.77 bits per heavy atom. The Balaban J connectivity index is 1.89. The van der Waals surface area contributed by atoms with Crippen molar-refractivity contribution in [2.45, 2.75) is 11.8 Å². The number of non-ortho nitro benzene ring substituents is 1. The average Bonchev–Trinajstić information content (AvgIpc) is 2.71. The molecule has 0 fully saturated rings. The van der Waals surface area contributed by atoms with Crippen molar-refractivity contribution in [3.05, 3.63) is 93.0 Å². The molecular formula is C20H16ClN3O5S. The molecule has 0 aliphatic carbocycles. The lowest BCUT2D eigenvalue weighted by molar-refractivity contribution is -0.385. The van der Waals surface area contributed by atoms with Crippen molar-refractivity contribution in [1.29, 1.82) is 0 Å². The molecule has 0 spiro atoms. The predicted octanol–water partition coefficient (Wildman–Crippen LogP) is 4.61. The molecule has 0 saturated carbocycles. The lowest BCUT2D eigenvalue weighted by Gasteiger charge is -2.13. The van der Waals surface area contributed by atoms with Crippen molar-refractivity contribution >= 4 is 44.6 Å². The fourth-order valence-electron chi connectivity index (χ4n) is 2.66. The van der Waals surface area contributed by atoms with Crippen molar-refractivity contribution in [2.75, 3.05) is 10.0 Å². The average molecular weight is 446 g/mol. The van der Waals surface area contributed by atoms with Crippen LogP contribution < -0.4 is 10.0 Å². The van der Waals surface area contributed by atoms with E-state index in [1.54, 1.807) is 37.3 Å². The summed E-state index contributed by atoms with van der Waals surface area (Å²) in [7, 11) is -4.16. The minimum atomic E-state index is -4.16. The smallest absolute Gasteiger partial charge is 0.270 e. The highest BCUT2D eigenvalue weighted by Crippen LogP contribution is 2.24. The van der Waals surface area contributed by atoms with Gasteiger partial charge in [0.15, 0.2) is 0 Å². The molecule has 10 heteroatoms. The maximum absolute atomic E-state index is 12.7. The van der Waals surface area contributed by atoms with E-state index >= 15 is 0 Å². The number of nitro benzene ring substituents is 1. The zero-order valence-electron chi connectivity index (χ0n) is 15.6. The van der Waals surface area contributed by atoms with Gasteiger partial charge >= 0.3 is 0 Å². The van der Waals surface area contributed by atoms with Crippen LogP contribution in [0.1, 0.15) is 15.9 Å². The third-order valence-electron chi connectivity index (χ3n) is 4.17. The number of amides is 1. The van der Waals surface area contributed by atoms with Crippen LogP contribution in [0.2, 0.25) is 5.02 Å². The van der Waals surface area contributed by atoms with Gasteiger partial charge in [0.2, 0.25) is 0 Å². The van der Waals surface area contributed by atoms with Crippen LogP contribution >= 0.6 is 11.6 Å². The quantitative estimate of drug-likeness (QED) is 0.424. The first-order valence-electron chi connectivity index (χ1n) is 8.61. The number of carbonyl (C=O) groups excluding carboxylic acids is 1. The highest BCUT2D eigenvalue weighted by Gasteiger charge is 2.21. The lowest BCUT2D eigenvalue weighted by Crippen LogP contribution is -2.18. The highest BCUT2D eigenvalue weighted by atomic mass is 35.5. The number of anilines is 2. The van der Waals surface area contributed by atoms with E-state index in [-0.39, 0.29) is 21.8 Å². The normalized spacial score (nSPS) is 11.0. The number of rotatable bonds is 6. The van der Waals surface area contributed by atoms with E-state index in [1.807, 2.05) is 0 Å². The zero-order chi connectivity index (χ0) is 21.9. The molecular weight excluding hydrogens is 430 g/mol. The van der Waals surface area contributed by atoms with Gasteiger partial charge in [0.25, 0.3) is 21.6 Å². The fourth-order valence-corrected chi connectivity index (χ4v) is 3.90. The molecule has 154 valence electrons. The molecule has 0 radical (unpaired) electrons. The van der Waals surface area contributed by atoms with Gasteiger partial charge in [-0.25, -0.2) is 8.42 Å². The molecule has 0 bridgehead atoms. The SMILES string of the molecule is Cc1cc(NC(=O)c2ccccc2NS(=O)(=O)c2cccc([N+](=O)[O-])c2)ccc1Cl. The summed E-state index contributed by atoms with van der Waals surface area (Å²) in [6.45, 7) is 1.79. The Bertz CT molecular complexity index is 1240. The van der Waals surface area contributed by atoms with Gasteiger partial charge in [-0.05, 0) is 48.9 Å². The van der Waals surface area contributed by atoms with Crippen molar-refractivity contribution in [1.82, 2.24) is 0 Å². The third-order valence-corrected chi connectivity index (χ3v) is 5.96. The monoisotopic (exact) mass is 445 g/mol. The molecule has 0 atom stereocenters. The van der Waals surface area contributed by atoms with Crippen LogP contribution in [0.15, 0.2) is 71.6 Å². The summed E-state index contributed by atoms with van der Waals surface area (Å²) in [5.74, 6) is -0.533. The van der Waals surface area contributed by atoms with Crippen LogP contribution in [0.5, 0.6) is 0 Å². The van der Waals surface area contributed by atoms with Crippen molar-refractivity contribution < 1.29 is 18.1 Å². The van der Waals surface area contributed by atoms with Crippen LogP contribution in [0.3, 0.4) is 0 Å². The molecule has 0 saturated heterocycles. The van der Waals surface area contributed by atoms with Gasteiger partial charge in [-0.15, -0.1) is 0 Å². The first kappa shape index (κ1) is 21.3. The van der Waals surface area contributed by atoms with Crippen molar-refractivity contribution in [2.24, 2.45) is 0 Å². The molecule has 0 unspecified atom stereocenters. The van der Waals surface area contributed by atoms with E-state index in [4.69, 9.17) is 11.6 Å². The fraction of sp³-hybridized carbons (Fsp3) is 0.0500. The van der Waals surface area contributed by atoms with Gasteiger partial charge in [0.1, 0.15) is 0 Å². The summed E-state index contributed by atoms with van der Waals surface area (Å²) in [4.78, 5) is 22.7. The third kappa shape index (κ3) is 4.76. The number of hydrogen-bond donors (Lipinski definition) is 2. The molecule has 3 rings (SSSR count). The molecule has 0 aromatic heterocycles. The Morgan fingerprint density at radius 1 is 1.03 bits per heavy atom. The highest BCUT2D eigenvalue weighted by molar-refractivity contribution is 7.92. The molecule has 0 heterocycles. The van der Waals surface area contributed by atoms with Crippen LogP contribution in [-0.2, 0) is 10.0 Å². The van der Waals surface area contributed by atoms with E-state index in [0.717, 1.165) is 11.6 Å². The summed E-state index contributed by atoms with van der Waals surface area (Å²) in [5.41, 5.74) is 1.03. The molecule has 3 aromatic carbocycles. The topological polar surface area (TPSA) is 118 Å². The summed E-state index contributed by atoms with van der Waals surface area (Å²) >= 11 is 5.99. The summed E-state index contributed by atoms with van der Waals surface area (Å²) in [6.07, 6.45) is 0. The molecule has 2 N–H and O–H groups in total. The van der Waals surface area contributed by atoms with Crippen LogP contribution in [0.4, 0.5) is 17.1 Å². The predicted molar refractivity (Wildman–Crippen MR) is 114 cm³/mol. The molecule has 8 nitrogen and oxygen atoms in total. The minimum absolute atomic E-state index is 0.0344. The number of carbonyl (C=O) groups is 1. The number of nitrogens with zero attached hydrogens (tertiary/aromatic N) is 1. The molecule has 0 aliphatic heterocycles. The molecule has 3 aromatic rings. The number of halogens is 1. The first-order chi connectivity index (χ1) is 14.2. The minimum Gasteiger partial charge on any atom is -0.322 e. The zero-order valence-corrected chi connectivity index (χ0v) is 17.2. The number of benzene rings is 3. The first-order valence-corrected chi connectivity index (χ1v) is 10.5. The Kier molecular flexibility index (Phi) is 6.04. The number of nitrogens with one attached hydrogen (secondary N) is 2. The van der Waals surface area contributed by atoms with Crippen LogP contribution in [0, 0.1) is 17.0 Å². The van der Waals surface area contributed by atoms with Crippen LogP contribution in [-0.4, -0.2) is 19.2 Å². The summed E-state index contributed by atoms with van der Waals surface area (Å²) < 4.78 is 27.7. The van der Waals surface area contributed by atoms with Gasteiger partial charge in [0.05, 0.1) is 21.1 Å². The van der Waals surface area contributed by atoms with E-state index in [9.17, 15) is 23.3 Å². The van der Waals surface area contributed by atoms with Crippen molar-refractivity contribution in [3.63, 3.8) is 0 Å². The van der Waals surface area contributed by atoms with Crippen LogP contribution in [0.25, 0.3) is 0 Å². The Hall–Kier alpha value is -3.43. The molecule has 0 aliphatic rings. The Labute approximate surface area is 177 Å². The number of nitro groups is 1. The van der Waals surface area contributed by atoms with E-state index < -0.39 is 20.9 Å². The van der Waals surface area contributed by atoms with Crippen molar-refractivity contribution in [3.8, 4) is 0 Å². The lowest BCUT2D eigenvalue weighted by atomic mass is 10.1. The second-order valence-electron chi connectivity index (χ2n) is 6.32. The maximum atomic E-state index is 12.7. The Morgan fingerprint density at radius 3 is 2.47 bits per heavy atom. The van der Waals surface area contributed by atoms with Gasteiger partial charge in [0, 0.05) is 22.8 Å². The van der Waals surface area contributed by atoms with Gasteiger partial charge < -0.3 is 5.32 Å².